The highest BCUT2D eigenvalue weighted by Gasteiger charge is 2.16. The molecular weight excluding hydrogens is 421 g/mol. The maximum absolute atomic E-state index is 13.7. The number of carbonyl (C=O) groups is 1. The van der Waals surface area contributed by atoms with Crippen molar-refractivity contribution in [1.82, 2.24) is 10.2 Å². The lowest BCUT2D eigenvalue weighted by atomic mass is 10.2. The summed E-state index contributed by atoms with van der Waals surface area (Å²) >= 11 is 3.30. The summed E-state index contributed by atoms with van der Waals surface area (Å²) in [5.74, 6) is -0.559. The Balaban J connectivity index is 1.39. The van der Waals surface area contributed by atoms with Crippen LogP contribution in [0.3, 0.4) is 0 Å². The van der Waals surface area contributed by atoms with Crippen LogP contribution in [0.15, 0.2) is 53.0 Å². The Bertz CT molecular complexity index is 847. The first-order valence-corrected chi connectivity index (χ1v) is 10.3. The SMILES string of the molecule is Cc1cccc(N2CCN(CCNC(=O)/C=C/c3cc(Br)ccc3F)CC2)c1. The average molecular weight is 446 g/mol. The van der Waals surface area contributed by atoms with E-state index >= 15 is 0 Å². The first kappa shape index (κ1) is 20.6. The number of benzene rings is 2. The summed E-state index contributed by atoms with van der Waals surface area (Å²) in [6.07, 6.45) is 2.87. The zero-order chi connectivity index (χ0) is 19.9. The van der Waals surface area contributed by atoms with Crippen LogP contribution < -0.4 is 10.2 Å². The first-order valence-electron chi connectivity index (χ1n) is 9.46. The van der Waals surface area contributed by atoms with Gasteiger partial charge in [-0.25, -0.2) is 4.39 Å². The molecule has 0 bridgehead atoms. The standard InChI is InChI=1S/C22H25BrFN3O/c1-17-3-2-4-20(15-17)27-13-11-26(12-14-27)10-9-25-22(28)8-5-18-16-19(23)6-7-21(18)24/h2-8,15-16H,9-14H2,1H3,(H,25,28)/b8-5+. The number of nitrogens with one attached hydrogen (secondary N) is 1. The fourth-order valence-electron chi connectivity index (χ4n) is 3.26. The molecule has 1 aliphatic rings. The van der Waals surface area contributed by atoms with Crippen LogP contribution in [0.25, 0.3) is 6.08 Å². The summed E-state index contributed by atoms with van der Waals surface area (Å²) < 4.78 is 14.5. The third-order valence-corrected chi connectivity index (χ3v) is 5.33. The van der Waals surface area contributed by atoms with Crippen LogP contribution in [-0.4, -0.2) is 50.1 Å². The first-order chi connectivity index (χ1) is 13.5. The molecule has 6 heteroatoms. The summed E-state index contributed by atoms with van der Waals surface area (Å²) in [6.45, 7) is 7.42. The van der Waals surface area contributed by atoms with Crippen LogP contribution in [0.4, 0.5) is 10.1 Å². The number of carbonyl (C=O) groups excluding carboxylic acids is 1. The highest BCUT2D eigenvalue weighted by Crippen LogP contribution is 2.18. The quantitative estimate of drug-likeness (QED) is 0.685. The van der Waals surface area contributed by atoms with Crippen LogP contribution in [0.2, 0.25) is 0 Å². The number of hydrogen-bond acceptors (Lipinski definition) is 3. The van der Waals surface area contributed by atoms with Crippen molar-refractivity contribution in [2.75, 3.05) is 44.2 Å². The van der Waals surface area contributed by atoms with Gasteiger partial charge in [0.2, 0.25) is 5.91 Å². The van der Waals surface area contributed by atoms with Crippen molar-refractivity contribution < 1.29 is 9.18 Å². The minimum atomic E-state index is -0.348. The topological polar surface area (TPSA) is 35.6 Å². The second-order valence-corrected chi connectivity index (χ2v) is 7.87. The second-order valence-electron chi connectivity index (χ2n) is 6.96. The molecule has 4 nitrogen and oxygen atoms in total. The van der Waals surface area contributed by atoms with E-state index in [1.807, 2.05) is 0 Å². The highest BCUT2D eigenvalue weighted by atomic mass is 79.9. The predicted molar refractivity (Wildman–Crippen MR) is 116 cm³/mol. The number of anilines is 1. The van der Waals surface area contributed by atoms with Crippen LogP contribution in [-0.2, 0) is 4.79 Å². The normalized spacial score (nSPS) is 15.2. The van der Waals surface area contributed by atoms with Gasteiger partial charge in [0.15, 0.2) is 0 Å². The molecule has 0 spiro atoms. The average Bonchev–Trinajstić information content (AvgIpc) is 2.69. The van der Waals surface area contributed by atoms with Gasteiger partial charge in [-0.15, -0.1) is 0 Å². The molecule has 28 heavy (non-hydrogen) atoms. The fourth-order valence-corrected chi connectivity index (χ4v) is 3.64. The third-order valence-electron chi connectivity index (χ3n) is 4.84. The molecule has 2 aromatic rings. The van der Waals surface area contributed by atoms with E-state index in [0.717, 1.165) is 37.2 Å². The predicted octanol–water partition coefficient (Wildman–Crippen LogP) is 3.85. The molecule has 0 aromatic heterocycles. The minimum Gasteiger partial charge on any atom is -0.369 e. The second kappa shape index (κ2) is 9.85. The molecule has 0 aliphatic carbocycles. The van der Waals surface area contributed by atoms with Crippen molar-refractivity contribution in [1.29, 1.82) is 0 Å². The van der Waals surface area contributed by atoms with E-state index in [0.29, 0.717) is 12.1 Å². The van der Waals surface area contributed by atoms with Crippen molar-refractivity contribution in [2.24, 2.45) is 0 Å². The number of piperazine rings is 1. The van der Waals surface area contributed by atoms with E-state index in [-0.39, 0.29) is 11.7 Å². The van der Waals surface area contributed by atoms with E-state index in [9.17, 15) is 9.18 Å². The summed E-state index contributed by atoms with van der Waals surface area (Å²) in [5, 5.41) is 2.87. The Labute approximate surface area is 174 Å². The molecule has 148 valence electrons. The monoisotopic (exact) mass is 445 g/mol. The highest BCUT2D eigenvalue weighted by molar-refractivity contribution is 9.10. The lowest BCUT2D eigenvalue weighted by Gasteiger charge is -2.36. The lowest BCUT2D eigenvalue weighted by Crippen LogP contribution is -2.48. The smallest absolute Gasteiger partial charge is 0.244 e. The zero-order valence-corrected chi connectivity index (χ0v) is 17.6. The van der Waals surface area contributed by atoms with Gasteiger partial charge >= 0.3 is 0 Å². The molecule has 1 amide bonds. The molecule has 1 saturated heterocycles. The summed E-state index contributed by atoms with van der Waals surface area (Å²) in [7, 11) is 0. The molecule has 0 saturated carbocycles. The van der Waals surface area contributed by atoms with E-state index in [1.54, 1.807) is 12.1 Å². The van der Waals surface area contributed by atoms with Crippen molar-refractivity contribution in [3.63, 3.8) is 0 Å². The Kier molecular flexibility index (Phi) is 7.23. The molecule has 2 aromatic carbocycles. The number of amides is 1. The van der Waals surface area contributed by atoms with Crippen LogP contribution in [0.1, 0.15) is 11.1 Å². The van der Waals surface area contributed by atoms with Crippen LogP contribution in [0.5, 0.6) is 0 Å². The van der Waals surface area contributed by atoms with Crippen molar-refractivity contribution in [3.8, 4) is 0 Å². The number of hydrogen-bond donors (Lipinski definition) is 1. The van der Waals surface area contributed by atoms with Crippen molar-refractivity contribution in [2.45, 2.75) is 6.92 Å². The maximum atomic E-state index is 13.7. The van der Waals surface area contributed by atoms with E-state index in [4.69, 9.17) is 0 Å². The number of aryl methyl sites for hydroxylation is 1. The van der Waals surface area contributed by atoms with E-state index in [2.05, 4.69) is 62.2 Å². The maximum Gasteiger partial charge on any atom is 0.244 e. The van der Waals surface area contributed by atoms with Crippen LogP contribution >= 0.6 is 15.9 Å². The largest absolute Gasteiger partial charge is 0.369 e. The van der Waals surface area contributed by atoms with Gasteiger partial charge in [0.1, 0.15) is 5.82 Å². The molecule has 3 rings (SSSR count). The molecule has 0 radical (unpaired) electrons. The van der Waals surface area contributed by atoms with Gasteiger partial charge in [-0.05, 0) is 48.9 Å². The van der Waals surface area contributed by atoms with Crippen molar-refractivity contribution >= 4 is 33.6 Å². The van der Waals surface area contributed by atoms with E-state index in [1.165, 1.54) is 29.5 Å². The minimum absolute atomic E-state index is 0.210. The molecule has 1 heterocycles. The Morgan fingerprint density at radius 2 is 1.96 bits per heavy atom. The summed E-state index contributed by atoms with van der Waals surface area (Å²) in [4.78, 5) is 16.7. The van der Waals surface area contributed by atoms with Gasteiger partial charge in [0, 0.05) is 61.1 Å². The number of nitrogens with zero attached hydrogens (tertiary/aromatic N) is 2. The molecule has 1 fully saturated rings. The number of halogens is 2. The summed E-state index contributed by atoms with van der Waals surface area (Å²) in [6, 6.07) is 13.2. The van der Waals surface area contributed by atoms with Gasteiger partial charge in [-0.3, -0.25) is 9.69 Å². The van der Waals surface area contributed by atoms with Gasteiger partial charge in [-0.1, -0.05) is 28.1 Å². The number of rotatable bonds is 6. The Hall–Kier alpha value is -2.18. The van der Waals surface area contributed by atoms with Crippen molar-refractivity contribution in [3.05, 3.63) is 70.0 Å². The molecule has 0 unspecified atom stereocenters. The molecule has 0 atom stereocenters. The van der Waals surface area contributed by atoms with Crippen LogP contribution in [0, 0.1) is 12.7 Å². The molecule has 1 aliphatic heterocycles. The Morgan fingerprint density at radius 3 is 2.71 bits per heavy atom. The van der Waals surface area contributed by atoms with Gasteiger partial charge in [-0.2, -0.15) is 0 Å². The fraction of sp³-hybridized carbons (Fsp3) is 0.318. The third kappa shape index (κ3) is 5.91. The Morgan fingerprint density at radius 1 is 1.18 bits per heavy atom. The zero-order valence-electron chi connectivity index (χ0n) is 16.0. The lowest BCUT2D eigenvalue weighted by molar-refractivity contribution is -0.116. The van der Waals surface area contributed by atoms with Gasteiger partial charge in [0.05, 0.1) is 0 Å². The molecular formula is C22H25BrFN3O. The van der Waals surface area contributed by atoms with Gasteiger partial charge < -0.3 is 10.2 Å². The summed E-state index contributed by atoms with van der Waals surface area (Å²) in [5.41, 5.74) is 2.94. The van der Waals surface area contributed by atoms with E-state index < -0.39 is 0 Å². The molecule has 1 N–H and O–H groups in total. The van der Waals surface area contributed by atoms with Gasteiger partial charge in [0.25, 0.3) is 0 Å².